The van der Waals surface area contributed by atoms with E-state index in [1.165, 1.54) is 12.1 Å². The maximum atomic E-state index is 13.1. The fourth-order valence-corrected chi connectivity index (χ4v) is 3.43. The summed E-state index contributed by atoms with van der Waals surface area (Å²) in [6.45, 7) is 0. The van der Waals surface area contributed by atoms with Gasteiger partial charge in [-0.1, -0.05) is 30.3 Å². The Kier molecular flexibility index (Phi) is 5.00. The summed E-state index contributed by atoms with van der Waals surface area (Å²) in [5.74, 6) is -1.80. The van der Waals surface area contributed by atoms with E-state index in [0.717, 1.165) is 22.7 Å². The van der Waals surface area contributed by atoms with Crippen molar-refractivity contribution in [3.63, 3.8) is 0 Å². The van der Waals surface area contributed by atoms with Crippen LogP contribution in [-0.4, -0.2) is 31.8 Å². The Hall–Kier alpha value is -2.41. The van der Waals surface area contributed by atoms with Crippen LogP contribution < -0.4 is 4.31 Å². The molecule has 0 aliphatic rings. The summed E-state index contributed by atoms with van der Waals surface area (Å²) in [5, 5.41) is 9.50. The highest BCUT2D eigenvalue weighted by molar-refractivity contribution is 7.92. The van der Waals surface area contributed by atoms with Crippen LogP contribution in [0.4, 0.5) is 10.1 Å². The number of aliphatic carboxylic acids is 1. The van der Waals surface area contributed by atoms with E-state index < -0.39 is 27.9 Å². The Balaban J connectivity index is 2.46. The molecule has 0 saturated heterocycles. The summed E-state index contributed by atoms with van der Waals surface area (Å²) >= 11 is 0. The van der Waals surface area contributed by atoms with Crippen molar-refractivity contribution >= 4 is 21.7 Å². The maximum Gasteiger partial charge on any atom is 0.327 e. The van der Waals surface area contributed by atoms with Gasteiger partial charge < -0.3 is 5.11 Å². The second-order valence-corrected chi connectivity index (χ2v) is 6.94. The number of nitrogens with zero attached hydrogens (tertiary/aromatic N) is 1. The summed E-state index contributed by atoms with van der Waals surface area (Å²) in [5.41, 5.74) is 0.799. The highest BCUT2D eigenvalue weighted by Gasteiger charge is 2.32. The van der Waals surface area contributed by atoms with E-state index in [1.807, 2.05) is 0 Å². The zero-order valence-corrected chi connectivity index (χ0v) is 13.2. The Bertz CT molecular complexity index is 775. The van der Waals surface area contributed by atoms with Crippen LogP contribution in [-0.2, 0) is 21.2 Å². The Morgan fingerprint density at radius 2 is 1.70 bits per heavy atom. The third-order valence-corrected chi connectivity index (χ3v) is 4.46. The zero-order chi connectivity index (χ0) is 17.0. The van der Waals surface area contributed by atoms with Gasteiger partial charge in [-0.15, -0.1) is 0 Å². The summed E-state index contributed by atoms with van der Waals surface area (Å²) in [7, 11) is -3.87. The molecule has 122 valence electrons. The standard InChI is InChI=1S/C16H16FNO4S/c1-23(21,22)18(14-9-7-13(17)8-10-14)15(16(19)20)11-12-5-3-2-4-6-12/h2-10,15H,11H2,1H3,(H,19,20)/t15-/m0/s1. The largest absolute Gasteiger partial charge is 0.480 e. The highest BCUT2D eigenvalue weighted by Crippen LogP contribution is 2.23. The molecule has 0 aromatic heterocycles. The number of halogens is 1. The normalized spacial score (nSPS) is 12.6. The molecule has 7 heteroatoms. The van der Waals surface area contributed by atoms with Crippen LogP contribution in [0.5, 0.6) is 0 Å². The van der Waals surface area contributed by atoms with Crippen molar-refractivity contribution in [1.29, 1.82) is 0 Å². The minimum absolute atomic E-state index is 0.000615. The molecule has 0 aliphatic carbocycles. The molecule has 0 amide bonds. The monoisotopic (exact) mass is 337 g/mol. The van der Waals surface area contributed by atoms with Crippen molar-refractivity contribution in [1.82, 2.24) is 0 Å². The van der Waals surface area contributed by atoms with Crippen molar-refractivity contribution in [3.8, 4) is 0 Å². The van der Waals surface area contributed by atoms with Gasteiger partial charge in [-0.2, -0.15) is 0 Å². The highest BCUT2D eigenvalue weighted by atomic mass is 32.2. The Morgan fingerprint density at radius 3 is 2.17 bits per heavy atom. The first-order valence-electron chi connectivity index (χ1n) is 6.81. The predicted octanol–water partition coefficient (Wildman–Crippen LogP) is 2.29. The minimum atomic E-state index is -3.87. The lowest BCUT2D eigenvalue weighted by molar-refractivity contribution is -0.138. The van der Waals surface area contributed by atoms with E-state index in [2.05, 4.69) is 0 Å². The molecule has 0 spiro atoms. The number of sulfonamides is 1. The van der Waals surface area contributed by atoms with Crippen LogP contribution in [0.15, 0.2) is 54.6 Å². The van der Waals surface area contributed by atoms with Gasteiger partial charge in [-0.25, -0.2) is 17.6 Å². The van der Waals surface area contributed by atoms with E-state index in [9.17, 15) is 22.7 Å². The summed E-state index contributed by atoms with van der Waals surface area (Å²) in [4.78, 5) is 11.7. The summed E-state index contributed by atoms with van der Waals surface area (Å²) in [6.07, 6.45) is 0.928. The van der Waals surface area contributed by atoms with Gasteiger partial charge in [0.2, 0.25) is 10.0 Å². The first-order chi connectivity index (χ1) is 10.8. The van der Waals surface area contributed by atoms with E-state index in [1.54, 1.807) is 30.3 Å². The van der Waals surface area contributed by atoms with Gasteiger partial charge in [0, 0.05) is 6.42 Å². The van der Waals surface area contributed by atoms with Crippen LogP contribution in [0.1, 0.15) is 5.56 Å². The first-order valence-corrected chi connectivity index (χ1v) is 8.65. The lowest BCUT2D eigenvalue weighted by Gasteiger charge is -2.29. The Morgan fingerprint density at radius 1 is 1.13 bits per heavy atom. The number of rotatable bonds is 6. The lowest BCUT2D eigenvalue weighted by atomic mass is 10.1. The molecule has 2 aromatic carbocycles. The number of benzene rings is 2. The minimum Gasteiger partial charge on any atom is -0.480 e. The third-order valence-electron chi connectivity index (χ3n) is 3.28. The number of anilines is 1. The number of hydrogen-bond acceptors (Lipinski definition) is 3. The predicted molar refractivity (Wildman–Crippen MR) is 85.3 cm³/mol. The smallest absolute Gasteiger partial charge is 0.327 e. The van der Waals surface area contributed by atoms with Crippen molar-refractivity contribution in [2.45, 2.75) is 12.5 Å². The molecule has 0 bridgehead atoms. The van der Waals surface area contributed by atoms with Gasteiger partial charge in [-0.3, -0.25) is 4.31 Å². The van der Waals surface area contributed by atoms with Crippen molar-refractivity contribution in [3.05, 3.63) is 66.0 Å². The molecule has 2 rings (SSSR count). The average molecular weight is 337 g/mol. The third kappa shape index (κ3) is 4.29. The number of carbonyl (C=O) groups is 1. The quantitative estimate of drug-likeness (QED) is 0.877. The van der Waals surface area contributed by atoms with E-state index >= 15 is 0 Å². The van der Waals surface area contributed by atoms with Gasteiger partial charge in [0.1, 0.15) is 11.9 Å². The van der Waals surface area contributed by atoms with E-state index in [-0.39, 0.29) is 12.1 Å². The van der Waals surface area contributed by atoms with Gasteiger partial charge in [0.25, 0.3) is 0 Å². The fourth-order valence-electron chi connectivity index (χ4n) is 2.30. The molecule has 1 N–H and O–H groups in total. The van der Waals surface area contributed by atoms with Crippen molar-refractivity contribution in [2.24, 2.45) is 0 Å². The summed E-state index contributed by atoms with van der Waals surface area (Å²) < 4.78 is 38.1. The average Bonchev–Trinajstić information content (AvgIpc) is 2.48. The molecular formula is C16H16FNO4S. The number of hydrogen-bond donors (Lipinski definition) is 1. The van der Waals surface area contributed by atoms with Gasteiger partial charge >= 0.3 is 5.97 Å². The SMILES string of the molecule is CS(=O)(=O)N(c1ccc(F)cc1)[C@@H](Cc1ccccc1)C(=O)O. The van der Waals surface area contributed by atoms with Crippen LogP contribution >= 0.6 is 0 Å². The fraction of sp³-hybridized carbons (Fsp3) is 0.188. The second-order valence-electron chi connectivity index (χ2n) is 5.08. The molecule has 2 aromatic rings. The van der Waals surface area contributed by atoms with Gasteiger partial charge in [0.05, 0.1) is 11.9 Å². The van der Waals surface area contributed by atoms with Crippen LogP contribution in [0.25, 0.3) is 0 Å². The van der Waals surface area contributed by atoms with E-state index in [4.69, 9.17) is 0 Å². The van der Waals surface area contributed by atoms with Crippen LogP contribution in [0.2, 0.25) is 0 Å². The summed E-state index contributed by atoms with van der Waals surface area (Å²) in [6, 6.07) is 12.1. The molecule has 0 heterocycles. The molecular weight excluding hydrogens is 321 g/mol. The van der Waals surface area contributed by atoms with Gasteiger partial charge in [0.15, 0.2) is 0 Å². The maximum absolute atomic E-state index is 13.1. The van der Waals surface area contributed by atoms with Crippen LogP contribution in [0.3, 0.4) is 0 Å². The second kappa shape index (κ2) is 6.78. The van der Waals surface area contributed by atoms with E-state index in [0.29, 0.717) is 5.56 Å². The zero-order valence-electron chi connectivity index (χ0n) is 12.4. The molecule has 0 saturated carbocycles. The van der Waals surface area contributed by atoms with Crippen molar-refractivity contribution in [2.75, 3.05) is 10.6 Å². The number of carboxylic acids is 1. The van der Waals surface area contributed by atoms with Crippen molar-refractivity contribution < 1.29 is 22.7 Å². The topological polar surface area (TPSA) is 74.7 Å². The molecule has 1 atom stereocenters. The Labute approximate surface area is 134 Å². The lowest BCUT2D eigenvalue weighted by Crippen LogP contribution is -2.46. The number of carboxylic acid groups (broad SMARTS) is 1. The molecule has 0 aliphatic heterocycles. The molecule has 0 unspecified atom stereocenters. The molecule has 0 radical (unpaired) electrons. The molecule has 23 heavy (non-hydrogen) atoms. The molecule has 0 fully saturated rings. The first kappa shape index (κ1) is 17.0. The van der Waals surface area contributed by atoms with Gasteiger partial charge in [-0.05, 0) is 29.8 Å². The van der Waals surface area contributed by atoms with Crippen LogP contribution in [0, 0.1) is 5.82 Å². The molecule has 5 nitrogen and oxygen atoms in total.